The molecule has 7 heteroatoms. The fourth-order valence-corrected chi connectivity index (χ4v) is 3.90. The average Bonchev–Trinajstić information content (AvgIpc) is 3.20. The van der Waals surface area contributed by atoms with E-state index in [0.29, 0.717) is 18.0 Å². The van der Waals surface area contributed by atoms with E-state index in [2.05, 4.69) is 27.5 Å². The number of hydrogen-bond acceptors (Lipinski definition) is 5. The van der Waals surface area contributed by atoms with Crippen LogP contribution in [-0.2, 0) is 6.54 Å². The van der Waals surface area contributed by atoms with E-state index in [1.54, 1.807) is 11.3 Å². The van der Waals surface area contributed by atoms with E-state index in [-0.39, 0.29) is 5.91 Å². The number of hydrogen-bond donors (Lipinski definition) is 1. The lowest BCUT2D eigenvalue weighted by molar-refractivity contribution is 0.0955. The molecule has 0 atom stereocenters. The first kappa shape index (κ1) is 15.9. The molecule has 23 heavy (non-hydrogen) atoms. The fourth-order valence-electron chi connectivity index (χ4n) is 2.38. The minimum Gasteiger partial charge on any atom is -0.349 e. The molecule has 5 nitrogen and oxygen atoms in total. The molecule has 3 heterocycles. The molecule has 3 aromatic rings. The lowest BCUT2D eigenvalue weighted by Crippen LogP contribution is -2.27. The SMILES string of the molecule is Cc1nc(C)c(C(=O)NCCn2nc(-c3cccs3)cc2C)s1. The Labute approximate surface area is 143 Å². The fraction of sp³-hybridized carbons (Fsp3) is 0.312. The van der Waals surface area contributed by atoms with Crippen LogP contribution >= 0.6 is 22.7 Å². The van der Waals surface area contributed by atoms with Gasteiger partial charge >= 0.3 is 0 Å². The Morgan fingerprint density at radius 3 is 2.83 bits per heavy atom. The smallest absolute Gasteiger partial charge is 0.263 e. The number of nitrogens with one attached hydrogen (secondary N) is 1. The second-order valence-corrected chi connectivity index (χ2v) is 7.43. The van der Waals surface area contributed by atoms with Gasteiger partial charge in [0.05, 0.1) is 22.1 Å². The molecular weight excluding hydrogens is 328 g/mol. The molecule has 0 aromatic carbocycles. The summed E-state index contributed by atoms with van der Waals surface area (Å²) in [5, 5.41) is 10.5. The first-order valence-corrected chi connectivity index (χ1v) is 9.05. The van der Waals surface area contributed by atoms with Crippen molar-refractivity contribution < 1.29 is 4.79 Å². The molecule has 120 valence electrons. The minimum absolute atomic E-state index is 0.0589. The molecule has 0 aliphatic rings. The van der Waals surface area contributed by atoms with Crippen molar-refractivity contribution >= 4 is 28.6 Å². The van der Waals surface area contributed by atoms with Crippen molar-refractivity contribution in [1.29, 1.82) is 0 Å². The first-order valence-electron chi connectivity index (χ1n) is 7.35. The number of thiazole rings is 1. The lowest BCUT2D eigenvalue weighted by atomic mass is 10.3. The number of carbonyl (C=O) groups excluding carboxylic acids is 1. The molecule has 1 amide bonds. The highest BCUT2D eigenvalue weighted by atomic mass is 32.1. The van der Waals surface area contributed by atoms with Crippen molar-refractivity contribution in [3.05, 3.63) is 44.9 Å². The largest absolute Gasteiger partial charge is 0.349 e. The summed E-state index contributed by atoms with van der Waals surface area (Å²) in [4.78, 5) is 18.3. The molecule has 3 aromatic heterocycles. The Kier molecular flexibility index (Phi) is 4.58. The summed E-state index contributed by atoms with van der Waals surface area (Å²) in [5.74, 6) is -0.0589. The summed E-state index contributed by atoms with van der Waals surface area (Å²) in [6, 6.07) is 6.16. The molecule has 0 saturated heterocycles. The van der Waals surface area contributed by atoms with Crippen LogP contribution < -0.4 is 5.32 Å². The molecule has 0 spiro atoms. The van der Waals surface area contributed by atoms with Crippen LogP contribution in [0.15, 0.2) is 23.6 Å². The van der Waals surface area contributed by atoms with Crippen molar-refractivity contribution in [3.63, 3.8) is 0 Å². The van der Waals surface area contributed by atoms with E-state index in [1.807, 2.05) is 36.9 Å². The molecule has 0 bridgehead atoms. The topological polar surface area (TPSA) is 59.8 Å². The van der Waals surface area contributed by atoms with Gasteiger partial charge in [0.1, 0.15) is 10.6 Å². The van der Waals surface area contributed by atoms with Crippen molar-refractivity contribution in [2.45, 2.75) is 27.3 Å². The van der Waals surface area contributed by atoms with Crippen LogP contribution in [-0.4, -0.2) is 27.2 Å². The van der Waals surface area contributed by atoms with Crippen molar-refractivity contribution in [2.75, 3.05) is 6.54 Å². The molecule has 1 N–H and O–H groups in total. The van der Waals surface area contributed by atoms with E-state index < -0.39 is 0 Å². The van der Waals surface area contributed by atoms with Crippen molar-refractivity contribution in [1.82, 2.24) is 20.1 Å². The van der Waals surface area contributed by atoms with Gasteiger partial charge in [0, 0.05) is 12.2 Å². The zero-order valence-electron chi connectivity index (χ0n) is 13.3. The highest BCUT2D eigenvalue weighted by molar-refractivity contribution is 7.13. The lowest BCUT2D eigenvalue weighted by Gasteiger charge is -2.06. The van der Waals surface area contributed by atoms with E-state index in [0.717, 1.165) is 27.0 Å². The van der Waals surface area contributed by atoms with Gasteiger partial charge in [0.2, 0.25) is 0 Å². The second-order valence-electron chi connectivity index (χ2n) is 5.27. The van der Waals surface area contributed by atoms with Crippen LogP contribution in [0.5, 0.6) is 0 Å². The number of aryl methyl sites for hydroxylation is 3. The Balaban J connectivity index is 1.61. The van der Waals surface area contributed by atoms with E-state index in [9.17, 15) is 4.79 Å². The zero-order valence-corrected chi connectivity index (χ0v) is 14.9. The molecule has 0 aliphatic heterocycles. The van der Waals surface area contributed by atoms with Gasteiger partial charge in [-0.25, -0.2) is 4.98 Å². The molecule has 0 aliphatic carbocycles. The van der Waals surface area contributed by atoms with Gasteiger partial charge in [-0.3, -0.25) is 9.48 Å². The third-order valence-electron chi connectivity index (χ3n) is 3.47. The predicted molar refractivity (Wildman–Crippen MR) is 94.2 cm³/mol. The monoisotopic (exact) mass is 346 g/mol. The van der Waals surface area contributed by atoms with Crippen LogP contribution in [0.3, 0.4) is 0 Å². The molecule has 0 unspecified atom stereocenters. The summed E-state index contributed by atoms with van der Waals surface area (Å²) in [5.41, 5.74) is 2.87. The van der Waals surface area contributed by atoms with E-state index in [4.69, 9.17) is 0 Å². The maximum atomic E-state index is 12.2. The predicted octanol–water partition coefficient (Wildman–Crippen LogP) is 3.42. The summed E-state index contributed by atoms with van der Waals surface area (Å²) in [6.45, 7) is 7.00. The maximum Gasteiger partial charge on any atom is 0.263 e. The summed E-state index contributed by atoms with van der Waals surface area (Å²) >= 11 is 3.11. The Bertz CT molecular complexity index is 817. The van der Waals surface area contributed by atoms with Gasteiger partial charge in [-0.2, -0.15) is 5.10 Å². The maximum absolute atomic E-state index is 12.2. The van der Waals surface area contributed by atoms with Crippen molar-refractivity contribution in [2.24, 2.45) is 0 Å². The number of aromatic nitrogens is 3. The van der Waals surface area contributed by atoms with Gasteiger partial charge in [-0.05, 0) is 38.3 Å². The van der Waals surface area contributed by atoms with Gasteiger partial charge in [0.25, 0.3) is 5.91 Å². The normalized spacial score (nSPS) is 10.9. The summed E-state index contributed by atoms with van der Waals surface area (Å²) < 4.78 is 1.93. The molecule has 0 fully saturated rings. The number of carbonyl (C=O) groups is 1. The van der Waals surface area contributed by atoms with Crippen molar-refractivity contribution in [3.8, 4) is 10.6 Å². The number of amides is 1. The van der Waals surface area contributed by atoms with Crippen LogP contribution in [0.1, 0.15) is 26.1 Å². The van der Waals surface area contributed by atoms with Crippen LogP contribution in [0.25, 0.3) is 10.6 Å². The number of nitrogens with zero attached hydrogens (tertiary/aromatic N) is 3. The number of rotatable bonds is 5. The standard InChI is InChI=1S/C16H18N4OS2/c1-10-9-13(14-5-4-8-22-14)19-20(10)7-6-17-16(21)15-11(2)18-12(3)23-15/h4-5,8-9H,6-7H2,1-3H3,(H,17,21). The van der Waals surface area contributed by atoms with Crippen LogP contribution in [0, 0.1) is 20.8 Å². The zero-order chi connectivity index (χ0) is 16.4. The second kappa shape index (κ2) is 6.64. The Hall–Kier alpha value is -1.99. The van der Waals surface area contributed by atoms with Gasteiger partial charge in [0.15, 0.2) is 0 Å². The van der Waals surface area contributed by atoms with Gasteiger partial charge in [-0.15, -0.1) is 22.7 Å². The Morgan fingerprint density at radius 1 is 1.35 bits per heavy atom. The van der Waals surface area contributed by atoms with Crippen LogP contribution in [0.4, 0.5) is 0 Å². The quantitative estimate of drug-likeness (QED) is 0.770. The minimum atomic E-state index is -0.0589. The third kappa shape index (κ3) is 3.51. The number of thiophene rings is 1. The van der Waals surface area contributed by atoms with Gasteiger partial charge in [-0.1, -0.05) is 6.07 Å². The van der Waals surface area contributed by atoms with E-state index >= 15 is 0 Å². The Morgan fingerprint density at radius 2 is 2.17 bits per heavy atom. The average molecular weight is 346 g/mol. The third-order valence-corrected chi connectivity index (χ3v) is 5.44. The molecular formula is C16H18N4OS2. The summed E-state index contributed by atoms with van der Waals surface area (Å²) in [7, 11) is 0. The first-order chi connectivity index (χ1) is 11.0. The molecule has 3 rings (SSSR count). The molecule has 0 radical (unpaired) electrons. The highest BCUT2D eigenvalue weighted by Gasteiger charge is 2.13. The van der Waals surface area contributed by atoms with E-state index in [1.165, 1.54) is 11.3 Å². The highest BCUT2D eigenvalue weighted by Crippen LogP contribution is 2.23. The molecule has 0 saturated carbocycles. The van der Waals surface area contributed by atoms with Gasteiger partial charge < -0.3 is 5.32 Å². The van der Waals surface area contributed by atoms with Crippen LogP contribution in [0.2, 0.25) is 0 Å². The summed E-state index contributed by atoms with van der Waals surface area (Å²) in [6.07, 6.45) is 0.